The molecule has 0 aliphatic heterocycles. The van der Waals surface area contributed by atoms with Crippen LogP contribution >= 0.6 is 0 Å². The number of carbonyl (C=O) groups excluding carboxylic acids is 1. The Labute approximate surface area is 144 Å². The SMILES string of the molecule is O=C(NCCCc1cnoc1)c1cccc(Oc2ccc(F)cc2)c1. The molecule has 0 aliphatic carbocycles. The van der Waals surface area contributed by atoms with Gasteiger partial charge in [0.25, 0.3) is 5.91 Å². The number of nitrogens with one attached hydrogen (secondary N) is 1. The van der Waals surface area contributed by atoms with Gasteiger partial charge in [-0.25, -0.2) is 4.39 Å². The molecule has 0 unspecified atom stereocenters. The highest BCUT2D eigenvalue weighted by Gasteiger charge is 2.07. The smallest absolute Gasteiger partial charge is 0.251 e. The molecule has 0 aliphatic rings. The maximum absolute atomic E-state index is 12.9. The molecule has 0 saturated carbocycles. The summed E-state index contributed by atoms with van der Waals surface area (Å²) in [7, 11) is 0. The quantitative estimate of drug-likeness (QED) is 0.661. The van der Waals surface area contributed by atoms with Gasteiger partial charge in [0.05, 0.1) is 6.20 Å². The van der Waals surface area contributed by atoms with Gasteiger partial charge in [0, 0.05) is 17.7 Å². The third-order valence-electron chi connectivity index (χ3n) is 3.56. The molecule has 3 aromatic rings. The van der Waals surface area contributed by atoms with Crippen LogP contribution < -0.4 is 10.1 Å². The molecule has 1 amide bonds. The predicted octanol–water partition coefficient (Wildman–Crippen LogP) is 3.97. The predicted molar refractivity (Wildman–Crippen MR) is 90.1 cm³/mol. The second kappa shape index (κ2) is 8.10. The summed E-state index contributed by atoms with van der Waals surface area (Å²) in [6, 6.07) is 12.6. The van der Waals surface area contributed by atoms with Crippen LogP contribution in [-0.2, 0) is 6.42 Å². The van der Waals surface area contributed by atoms with Gasteiger partial charge in [-0.2, -0.15) is 0 Å². The molecule has 0 atom stereocenters. The highest BCUT2D eigenvalue weighted by Crippen LogP contribution is 2.22. The molecule has 1 heterocycles. The number of carbonyl (C=O) groups is 1. The Kier molecular flexibility index (Phi) is 5.41. The number of aromatic nitrogens is 1. The fraction of sp³-hybridized carbons (Fsp3) is 0.158. The van der Waals surface area contributed by atoms with Crippen LogP contribution in [0.3, 0.4) is 0 Å². The molecule has 0 saturated heterocycles. The largest absolute Gasteiger partial charge is 0.457 e. The van der Waals surface area contributed by atoms with Gasteiger partial charge in [-0.1, -0.05) is 11.2 Å². The molecule has 6 heteroatoms. The Bertz CT molecular complexity index is 817. The summed E-state index contributed by atoms with van der Waals surface area (Å²) in [5.74, 6) is 0.526. The van der Waals surface area contributed by atoms with Crippen LogP contribution in [0, 0.1) is 5.82 Å². The van der Waals surface area contributed by atoms with Gasteiger partial charge in [-0.05, 0) is 55.3 Å². The third kappa shape index (κ3) is 4.91. The van der Waals surface area contributed by atoms with E-state index in [1.807, 2.05) is 0 Å². The van der Waals surface area contributed by atoms with Gasteiger partial charge in [0.15, 0.2) is 0 Å². The van der Waals surface area contributed by atoms with Crippen molar-refractivity contribution in [1.29, 1.82) is 0 Å². The van der Waals surface area contributed by atoms with E-state index in [4.69, 9.17) is 9.26 Å². The zero-order valence-corrected chi connectivity index (χ0v) is 13.4. The van der Waals surface area contributed by atoms with Crippen molar-refractivity contribution in [2.45, 2.75) is 12.8 Å². The lowest BCUT2D eigenvalue weighted by atomic mass is 10.2. The van der Waals surface area contributed by atoms with Crippen LogP contribution in [0.25, 0.3) is 0 Å². The summed E-state index contributed by atoms with van der Waals surface area (Å²) in [5.41, 5.74) is 1.51. The van der Waals surface area contributed by atoms with E-state index in [-0.39, 0.29) is 11.7 Å². The molecule has 128 valence electrons. The van der Waals surface area contributed by atoms with E-state index in [2.05, 4.69) is 10.5 Å². The first-order valence-electron chi connectivity index (χ1n) is 7.91. The van der Waals surface area contributed by atoms with E-state index in [0.29, 0.717) is 23.6 Å². The van der Waals surface area contributed by atoms with Gasteiger partial charge >= 0.3 is 0 Å². The van der Waals surface area contributed by atoms with Crippen LogP contribution in [0.5, 0.6) is 11.5 Å². The minimum absolute atomic E-state index is 0.171. The Hall–Kier alpha value is -3.15. The first-order valence-corrected chi connectivity index (χ1v) is 7.91. The topological polar surface area (TPSA) is 64.4 Å². The number of aryl methyl sites for hydroxylation is 1. The summed E-state index contributed by atoms with van der Waals surface area (Å²) >= 11 is 0. The Morgan fingerprint density at radius 1 is 1.16 bits per heavy atom. The lowest BCUT2D eigenvalue weighted by Crippen LogP contribution is -2.24. The van der Waals surface area contributed by atoms with Gasteiger partial charge < -0.3 is 14.6 Å². The van der Waals surface area contributed by atoms with E-state index < -0.39 is 0 Å². The molecule has 0 radical (unpaired) electrons. The monoisotopic (exact) mass is 340 g/mol. The molecule has 3 rings (SSSR count). The van der Waals surface area contributed by atoms with Gasteiger partial charge in [0.2, 0.25) is 0 Å². The minimum atomic E-state index is -0.327. The molecular formula is C19H17FN2O3. The number of benzene rings is 2. The van der Waals surface area contributed by atoms with E-state index in [1.165, 1.54) is 24.3 Å². The maximum Gasteiger partial charge on any atom is 0.251 e. The molecule has 1 N–H and O–H groups in total. The Morgan fingerprint density at radius 3 is 2.76 bits per heavy atom. The van der Waals surface area contributed by atoms with Crippen molar-refractivity contribution >= 4 is 5.91 Å². The van der Waals surface area contributed by atoms with Crippen LogP contribution in [0.2, 0.25) is 0 Å². The zero-order valence-electron chi connectivity index (χ0n) is 13.4. The third-order valence-corrected chi connectivity index (χ3v) is 3.56. The lowest BCUT2D eigenvalue weighted by Gasteiger charge is -2.08. The van der Waals surface area contributed by atoms with E-state index >= 15 is 0 Å². The average Bonchev–Trinajstić information content (AvgIpc) is 3.14. The Morgan fingerprint density at radius 2 is 2.00 bits per heavy atom. The number of rotatable bonds is 7. The molecule has 5 nitrogen and oxygen atoms in total. The van der Waals surface area contributed by atoms with Crippen molar-refractivity contribution in [3.63, 3.8) is 0 Å². The fourth-order valence-electron chi connectivity index (χ4n) is 2.29. The number of ether oxygens (including phenoxy) is 1. The van der Waals surface area contributed by atoms with Gasteiger partial charge in [0.1, 0.15) is 23.6 Å². The van der Waals surface area contributed by atoms with Crippen molar-refractivity contribution < 1.29 is 18.4 Å². The number of nitrogens with zero attached hydrogens (tertiary/aromatic N) is 1. The maximum atomic E-state index is 12.9. The normalized spacial score (nSPS) is 10.4. The fourth-order valence-corrected chi connectivity index (χ4v) is 2.29. The lowest BCUT2D eigenvalue weighted by molar-refractivity contribution is 0.0953. The summed E-state index contributed by atoms with van der Waals surface area (Å²) in [4.78, 5) is 12.2. The number of hydrogen-bond donors (Lipinski definition) is 1. The summed E-state index contributed by atoms with van der Waals surface area (Å²) in [6.07, 6.45) is 4.84. The Balaban J connectivity index is 1.53. The van der Waals surface area contributed by atoms with Crippen molar-refractivity contribution in [2.24, 2.45) is 0 Å². The van der Waals surface area contributed by atoms with Crippen molar-refractivity contribution in [2.75, 3.05) is 6.54 Å². The van der Waals surface area contributed by atoms with Crippen LogP contribution in [0.15, 0.2) is 65.5 Å². The minimum Gasteiger partial charge on any atom is -0.457 e. The van der Waals surface area contributed by atoms with Gasteiger partial charge in [-0.3, -0.25) is 4.79 Å². The molecule has 2 aromatic carbocycles. The van der Waals surface area contributed by atoms with Gasteiger partial charge in [-0.15, -0.1) is 0 Å². The number of halogens is 1. The first-order chi connectivity index (χ1) is 12.2. The molecule has 0 fully saturated rings. The molecule has 1 aromatic heterocycles. The van der Waals surface area contributed by atoms with Crippen molar-refractivity contribution in [3.8, 4) is 11.5 Å². The highest BCUT2D eigenvalue weighted by molar-refractivity contribution is 5.94. The van der Waals surface area contributed by atoms with Crippen LogP contribution in [0.4, 0.5) is 4.39 Å². The van der Waals surface area contributed by atoms with E-state index in [0.717, 1.165) is 18.4 Å². The number of hydrogen-bond acceptors (Lipinski definition) is 4. The summed E-state index contributed by atoms with van der Waals surface area (Å²) < 4.78 is 23.3. The molecule has 0 spiro atoms. The number of amides is 1. The summed E-state index contributed by atoms with van der Waals surface area (Å²) in [6.45, 7) is 0.549. The first kappa shape index (κ1) is 16.7. The van der Waals surface area contributed by atoms with E-state index in [1.54, 1.807) is 36.7 Å². The van der Waals surface area contributed by atoms with Crippen LogP contribution in [-0.4, -0.2) is 17.6 Å². The van der Waals surface area contributed by atoms with Crippen LogP contribution in [0.1, 0.15) is 22.3 Å². The zero-order chi connectivity index (χ0) is 17.5. The standard InChI is InChI=1S/C19H17FN2O3/c20-16-6-8-17(9-7-16)25-18-5-1-4-15(11-18)19(23)21-10-2-3-14-12-22-24-13-14/h1,4-9,11-13H,2-3,10H2,(H,21,23). The van der Waals surface area contributed by atoms with E-state index in [9.17, 15) is 9.18 Å². The molecule has 0 bridgehead atoms. The second-order valence-electron chi connectivity index (χ2n) is 5.48. The molecular weight excluding hydrogens is 323 g/mol. The van der Waals surface area contributed by atoms with Crippen molar-refractivity contribution in [3.05, 3.63) is 77.9 Å². The van der Waals surface area contributed by atoms with Crippen molar-refractivity contribution in [1.82, 2.24) is 10.5 Å². The average molecular weight is 340 g/mol. The summed E-state index contributed by atoms with van der Waals surface area (Å²) in [5, 5.41) is 6.50. The molecule has 25 heavy (non-hydrogen) atoms. The highest BCUT2D eigenvalue weighted by atomic mass is 19.1. The second-order valence-corrected chi connectivity index (χ2v) is 5.48.